The van der Waals surface area contributed by atoms with E-state index in [0.29, 0.717) is 12.5 Å². The summed E-state index contributed by atoms with van der Waals surface area (Å²) in [5.74, 6) is 1.24. The van der Waals surface area contributed by atoms with Crippen molar-refractivity contribution in [3.05, 3.63) is 58.3 Å². The highest BCUT2D eigenvalue weighted by molar-refractivity contribution is 9.10. The van der Waals surface area contributed by atoms with E-state index < -0.39 is 0 Å². The minimum Gasteiger partial charge on any atom is -0.489 e. The third-order valence-corrected chi connectivity index (χ3v) is 3.50. The van der Waals surface area contributed by atoms with Crippen LogP contribution >= 0.6 is 15.9 Å². The molecule has 98 valence electrons. The van der Waals surface area contributed by atoms with Crippen molar-refractivity contribution in [3.63, 3.8) is 0 Å². The summed E-state index contributed by atoms with van der Waals surface area (Å²) in [7, 11) is 0. The molecule has 2 heterocycles. The van der Waals surface area contributed by atoms with Crippen LogP contribution < -0.4 is 4.74 Å². The van der Waals surface area contributed by atoms with Gasteiger partial charge in [0.05, 0.1) is 18.9 Å². The van der Waals surface area contributed by atoms with Gasteiger partial charge in [-0.25, -0.2) is 4.98 Å². The largest absolute Gasteiger partial charge is 0.489 e. The molecule has 3 rings (SSSR count). The van der Waals surface area contributed by atoms with Gasteiger partial charge in [-0.1, -0.05) is 30.3 Å². The number of hydrogen-bond acceptors (Lipinski definition) is 3. The summed E-state index contributed by atoms with van der Waals surface area (Å²) in [6, 6.07) is 14.0. The molecular weight excluding hydrogens is 306 g/mol. The van der Waals surface area contributed by atoms with Crippen LogP contribution in [0, 0.1) is 0 Å². The Kier molecular flexibility index (Phi) is 3.80. The van der Waals surface area contributed by atoms with Crippen LogP contribution in [-0.2, 0) is 11.3 Å². The van der Waals surface area contributed by atoms with Crippen molar-refractivity contribution >= 4 is 15.9 Å². The Morgan fingerprint density at radius 3 is 2.68 bits per heavy atom. The molecule has 0 spiro atoms. The lowest BCUT2D eigenvalue weighted by Crippen LogP contribution is -2.26. The summed E-state index contributed by atoms with van der Waals surface area (Å²) in [5, 5.41) is 0. The Labute approximate surface area is 120 Å². The maximum Gasteiger partial charge on any atom is 0.124 e. The van der Waals surface area contributed by atoms with Gasteiger partial charge in [0.1, 0.15) is 17.0 Å². The zero-order valence-electron chi connectivity index (χ0n) is 10.4. The van der Waals surface area contributed by atoms with Crippen molar-refractivity contribution in [2.24, 2.45) is 0 Å². The lowest BCUT2D eigenvalue weighted by Gasteiger charge is -2.25. The maximum atomic E-state index is 5.82. The third kappa shape index (κ3) is 3.14. The molecule has 0 N–H and O–H groups in total. The van der Waals surface area contributed by atoms with Crippen molar-refractivity contribution in [1.82, 2.24) is 4.98 Å². The molecule has 0 atom stereocenters. The SMILES string of the molecule is Brc1cc(OCc2ccccc2)cc(C2COC2)n1. The lowest BCUT2D eigenvalue weighted by atomic mass is 10.0. The van der Waals surface area contributed by atoms with E-state index in [1.165, 1.54) is 0 Å². The van der Waals surface area contributed by atoms with E-state index in [2.05, 4.69) is 33.0 Å². The normalized spacial score (nSPS) is 15.0. The van der Waals surface area contributed by atoms with Crippen LogP contribution in [0.4, 0.5) is 0 Å². The summed E-state index contributed by atoms with van der Waals surface area (Å²) in [4.78, 5) is 4.47. The van der Waals surface area contributed by atoms with Crippen molar-refractivity contribution in [2.45, 2.75) is 12.5 Å². The Hall–Kier alpha value is -1.39. The van der Waals surface area contributed by atoms with Crippen molar-refractivity contribution in [1.29, 1.82) is 0 Å². The average molecular weight is 320 g/mol. The second kappa shape index (κ2) is 5.72. The third-order valence-electron chi connectivity index (χ3n) is 3.09. The Balaban J connectivity index is 1.71. The highest BCUT2D eigenvalue weighted by Gasteiger charge is 2.22. The summed E-state index contributed by atoms with van der Waals surface area (Å²) < 4.78 is 11.8. The fourth-order valence-corrected chi connectivity index (χ4v) is 2.36. The number of aromatic nitrogens is 1. The molecule has 1 saturated heterocycles. The summed E-state index contributed by atoms with van der Waals surface area (Å²) >= 11 is 3.43. The maximum absolute atomic E-state index is 5.82. The summed E-state index contributed by atoms with van der Waals surface area (Å²) in [6.07, 6.45) is 0. The number of nitrogens with zero attached hydrogens (tertiary/aromatic N) is 1. The number of halogens is 1. The van der Waals surface area contributed by atoms with E-state index in [1.807, 2.05) is 30.3 Å². The first kappa shape index (κ1) is 12.6. The fourth-order valence-electron chi connectivity index (χ4n) is 1.93. The summed E-state index contributed by atoms with van der Waals surface area (Å²) in [6.45, 7) is 2.07. The molecule has 1 fully saturated rings. The summed E-state index contributed by atoms with van der Waals surface area (Å²) in [5.41, 5.74) is 2.19. The molecule has 0 bridgehead atoms. The van der Waals surface area contributed by atoms with E-state index in [4.69, 9.17) is 9.47 Å². The molecule has 0 amide bonds. The zero-order valence-corrected chi connectivity index (χ0v) is 12.0. The number of pyridine rings is 1. The van der Waals surface area contributed by atoms with Crippen LogP contribution in [0.25, 0.3) is 0 Å². The molecule has 0 aliphatic carbocycles. The monoisotopic (exact) mass is 319 g/mol. The van der Waals surface area contributed by atoms with Crippen LogP contribution in [-0.4, -0.2) is 18.2 Å². The molecule has 1 aliphatic heterocycles. The van der Waals surface area contributed by atoms with Gasteiger partial charge < -0.3 is 9.47 Å². The van der Waals surface area contributed by atoms with Crippen LogP contribution in [0.3, 0.4) is 0 Å². The molecule has 4 heteroatoms. The Morgan fingerprint density at radius 1 is 1.21 bits per heavy atom. The fraction of sp³-hybridized carbons (Fsp3) is 0.267. The quantitative estimate of drug-likeness (QED) is 0.808. The standard InChI is InChI=1S/C15H14BrNO2/c16-15-7-13(6-14(17-15)12-9-18-10-12)19-8-11-4-2-1-3-5-11/h1-7,12H,8-10H2. The molecule has 19 heavy (non-hydrogen) atoms. The van der Waals surface area contributed by atoms with Gasteiger partial charge in [0, 0.05) is 18.1 Å². The molecular formula is C15H14BrNO2. The Bertz CT molecular complexity index is 555. The second-order valence-electron chi connectivity index (χ2n) is 4.56. The van der Waals surface area contributed by atoms with Gasteiger partial charge in [0.2, 0.25) is 0 Å². The average Bonchev–Trinajstić information content (AvgIpc) is 2.35. The minimum atomic E-state index is 0.400. The van der Waals surface area contributed by atoms with Crippen LogP contribution in [0.5, 0.6) is 5.75 Å². The van der Waals surface area contributed by atoms with Gasteiger partial charge in [0.15, 0.2) is 0 Å². The van der Waals surface area contributed by atoms with E-state index in [9.17, 15) is 0 Å². The van der Waals surface area contributed by atoms with Gasteiger partial charge in [-0.3, -0.25) is 0 Å². The molecule has 1 aromatic heterocycles. The van der Waals surface area contributed by atoms with Gasteiger partial charge in [-0.15, -0.1) is 0 Å². The zero-order chi connectivity index (χ0) is 13.1. The van der Waals surface area contributed by atoms with E-state index in [-0.39, 0.29) is 0 Å². The first-order valence-corrected chi connectivity index (χ1v) is 7.02. The molecule has 0 saturated carbocycles. The highest BCUT2D eigenvalue weighted by atomic mass is 79.9. The van der Waals surface area contributed by atoms with Gasteiger partial charge in [0.25, 0.3) is 0 Å². The number of ether oxygens (including phenoxy) is 2. The second-order valence-corrected chi connectivity index (χ2v) is 5.37. The van der Waals surface area contributed by atoms with Crippen molar-refractivity contribution in [2.75, 3.05) is 13.2 Å². The minimum absolute atomic E-state index is 0.400. The van der Waals surface area contributed by atoms with Crippen LogP contribution in [0.15, 0.2) is 47.1 Å². The molecule has 0 unspecified atom stereocenters. The number of hydrogen-bond donors (Lipinski definition) is 0. The highest BCUT2D eigenvalue weighted by Crippen LogP contribution is 2.28. The van der Waals surface area contributed by atoms with Crippen LogP contribution in [0.2, 0.25) is 0 Å². The van der Waals surface area contributed by atoms with Crippen LogP contribution in [0.1, 0.15) is 17.2 Å². The lowest BCUT2D eigenvalue weighted by molar-refractivity contribution is 0.00656. The van der Waals surface area contributed by atoms with Gasteiger partial charge in [-0.2, -0.15) is 0 Å². The number of rotatable bonds is 4. The first-order chi connectivity index (χ1) is 9.31. The van der Waals surface area contributed by atoms with Gasteiger partial charge in [-0.05, 0) is 21.5 Å². The predicted molar refractivity (Wildman–Crippen MR) is 76.3 cm³/mol. The molecule has 1 aliphatic rings. The smallest absolute Gasteiger partial charge is 0.124 e. The van der Waals surface area contributed by atoms with E-state index in [0.717, 1.165) is 34.8 Å². The molecule has 2 aromatic rings. The molecule has 1 aromatic carbocycles. The first-order valence-electron chi connectivity index (χ1n) is 6.23. The number of benzene rings is 1. The van der Waals surface area contributed by atoms with Crippen molar-refractivity contribution < 1.29 is 9.47 Å². The van der Waals surface area contributed by atoms with E-state index in [1.54, 1.807) is 0 Å². The molecule has 0 radical (unpaired) electrons. The Morgan fingerprint density at radius 2 is 2.00 bits per heavy atom. The molecule has 3 nitrogen and oxygen atoms in total. The van der Waals surface area contributed by atoms with Gasteiger partial charge >= 0.3 is 0 Å². The topological polar surface area (TPSA) is 31.4 Å². The van der Waals surface area contributed by atoms with Crippen molar-refractivity contribution in [3.8, 4) is 5.75 Å². The van der Waals surface area contributed by atoms with E-state index >= 15 is 0 Å². The predicted octanol–water partition coefficient (Wildman–Crippen LogP) is 3.54.